The van der Waals surface area contributed by atoms with E-state index in [4.69, 9.17) is 0 Å². The minimum Gasteiger partial charge on any atom is -0.333 e. The molecular formula is C24H25F2N3O3S. The first-order valence-corrected chi connectivity index (χ1v) is 11.7. The molecule has 3 rings (SSSR count). The van der Waals surface area contributed by atoms with E-state index in [1.165, 1.54) is 29.2 Å². The molecule has 1 N–H and O–H groups in total. The molecule has 0 aliphatic carbocycles. The molecule has 33 heavy (non-hydrogen) atoms. The predicted molar refractivity (Wildman–Crippen MR) is 123 cm³/mol. The van der Waals surface area contributed by atoms with E-state index in [-0.39, 0.29) is 28.3 Å². The van der Waals surface area contributed by atoms with Crippen LogP contribution < -0.4 is 4.72 Å². The van der Waals surface area contributed by atoms with Crippen LogP contribution in [-0.2, 0) is 16.6 Å². The van der Waals surface area contributed by atoms with Gasteiger partial charge in [0.15, 0.2) is 0 Å². The van der Waals surface area contributed by atoms with Gasteiger partial charge in [-0.1, -0.05) is 30.3 Å². The second kappa shape index (κ2) is 10.5. The first-order chi connectivity index (χ1) is 15.7. The fourth-order valence-electron chi connectivity index (χ4n) is 3.14. The Hall–Kier alpha value is -3.30. The zero-order valence-corrected chi connectivity index (χ0v) is 19.1. The molecule has 0 saturated heterocycles. The molecule has 6 nitrogen and oxygen atoms in total. The van der Waals surface area contributed by atoms with Crippen molar-refractivity contribution in [3.8, 4) is 0 Å². The Morgan fingerprint density at radius 3 is 2.30 bits per heavy atom. The summed E-state index contributed by atoms with van der Waals surface area (Å²) in [6.07, 6.45) is 0. The van der Waals surface area contributed by atoms with Crippen LogP contribution >= 0.6 is 0 Å². The highest BCUT2D eigenvalue weighted by Crippen LogP contribution is 2.20. The maximum atomic E-state index is 14.2. The van der Waals surface area contributed by atoms with E-state index in [2.05, 4.69) is 4.72 Å². The number of anilines is 1. The van der Waals surface area contributed by atoms with Gasteiger partial charge in [-0.15, -0.1) is 0 Å². The first-order valence-electron chi connectivity index (χ1n) is 10.2. The van der Waals surface area contributed by atoms with E-state index in [9.17, 15) is 22.0 Å². The highest BCUT2D eigenvalue weighted by Gasteiger charge is 2.20. The van der Waals surface area contributed by atoms with Crippen LogP contribution in [0, 0.1) is 11.6 Å². The van der Waals surface area contributed by atoms with Crippen molar-refractivity contribution in [1.82, 2.24) is 9.80 Å². The summed E-state index contributed by atoms with van der Waals surface area (Å²) in [5.41, 5.74) is 0.652. The number of nitrogens with one attached hydrogen (secondary N) is 1. The van der Waals surface area contributed by atoms with E-state index < -0.39 is 27.6 Å². The third kappa shape index (κ3) is 6.59. The van der Waals surface area contributed by atoms with Crippen molar-refractivity contribution < 1.29 is 22.0 Å². The van der Waals surface area contributed by atoms with Gasteiger partial charge in [0, 0.05) is 42.5 Å². The third-order valence-corrected chi connectivity index (χ3v) is 6.29. The molecule has 0 heterocycles. The molecule has 0 aliphatic heterocycles. The zero-order valence-electron chi connectivity index (χ0n) is 18.3. The number of sulfonamides is 1. The lowest BCUT2D eigenvalue weighted by Crippen LogP contribution is -2.36. The fourth-order valence-corrected chi connectivity index (χ4v) is 4.21. The molecule has 0 unspecified atom stereocenters. The molecule has 0 radical (unpaired) electrons. The van der Waals surface area contributed by atoms with Crippen molar-refractivity contribution in [1.29, 1.82) is 0 Å². The highest BCUT2D eigenvalue weighted by molar-refractivity contribution is 7.92. The van der Waals surface area contributed by atoms with E-state index in [1.54, 1.807) is 36.4 Å². The van der Waals surface area contributed by atoms with Crippen molar-refractivity contribution in [2.45, 2.75) is 11.4 Å². The number of carbonyl (C=O) groups excluding carboxylic acids is 1. The van der Waals surface area contributed by atoms with Gasteiger partial charge in [0.1, 0.15) is 11.6 Å². The number of rotatable bonds is 9. The average molecular weight is 474 g/mol. The maximum absolute atomic E-state index is 14.2. The van der Waals surface area contributed by atoms with Crippen LogP contribution in [0.4, 0.5) is 14.5 Å². The Labute approximate surface area is 192 Å². The monoisotopic (exact) mass is 473 g/mol. The second-order valence-corrected chi connectivity index (χ2v) is 9.45. The Kier molecular flexibility index (Phi) is 7.78. The van der Waals surface area contributed by atoms with Crippen molar-refractivity contribution in [3.63, 3.8) is 0 Å². The lowest BCUT2D eigenvalue weighted by Gasteiger charge is -2.25. The molecule has 9 heteroatoms. The van der Waals surface area contributed by atoms with Crippen molar-refractivity contribution >= 4 is 21.6 Å². The summed E-state index contributed by atoms with van der Waals surface area (Å²) in [7, 11) is -0.128. The van der Waals surface area contributed by atoms with Gasteiger partial charge in [0.2, 0.25) is 0 Å². The molecule has 174 valence electrons. The number of likely N-dealkylation sites (N-methyl/N-ethyl adjacent to an activating group) is 1. The normalized spacial score (nSPS) is 11.4. The predicted octanol–water partition coefficient (Wildman–Crippen LogP) is 3.97. The summed E-state index contributed by atoms with van der Waals surface area (Å²) < 4.78 is 55.2. The molecule has 0 saturated carbocycles. The van der Waals surface area contributed by atoms with Crippen LogP contribution in [0.5, 0.6) is 0 Å². The first kappa shape index (κ1) is 24.3. The molecule has 3 aromatic carbocycles. The topological polar surface area (TPSA) is 69.7 Å². The summed E-state index contributed by atoms with van der Waals surface area (Å²) in [5.74, 6) is -1.83. The van der Waals surface area contributed by atoms with E-state index >= 15 is 0 Å². The molecule has 0 spiro atoms. The third-order valence-electron chi connectivity index (χ3n) is 4.90. The van der Waals surface area contributed by atoms with Crippen LogP contribution in [0.3, 0.4) is 0 Å². The minimum atomic E-state index is -3.82. The zero-order chi connectivity index (χ0) is 24.0. The summed E-state index contributed by atoms with van der Waals surface area (Å²) in [6, 6.07) is 17.2. The molecule has 3 aromatic rings. The molecular weight excluding hydrogens is 448 g/mol. The quantitative estimate of drug-likeness (QED) is 0.511. The standard InChI is InChI=1S/C24H25F2N3O3S/c1-28(2)13-14-29(17-19-11-12-20(25)16-23(19)26)24(30)18-7-6-8-21(15-18)27-33(31,32)22-9-4-3-5-10-22/h3-12,15-16,27H,13-14,17H2,1-2H3. The molecule has 0 aliphatic rings. The fraction of sp³-hybridized carbons (Fsp3) is 0.208. The number of carbonyl (C=O) groups is 1. The van der Waals surface area contributed by atoms with Crippen LogP contribution in [0.25, 0.3) is 0 Å². The van der Waals surface area contributed by atoms with E-state index in [1.807, 2.05) is 19.0 Å². The van der Waals surface area contributed by atoms with Crippen molar-refractivity contribution in [2.24, 2.45) is 0 Å². The average Bonchev–Trinajstić information content (AvgIpc) is 2.78. The van der Waals surface area contributed by atoms with E-state index in [0.717, 1.165) is 12.1 Å². The highest BCUT2D eigenvalue weighted by atomic mass is 32.2. The summed E-state index contributed by atoms with van der Waals surface area (Å²) in [6.45, 7) is 0.760. The largest absolute Gasteiger partial charge is 0.333 e. The smallest absolute Gasteiger partial charge is 0.261 e. The molecule has 0 fully saturated rings. The number of benzene rings is 3. The van der Waals surface area contributed by atoms with Crippen LogP contribution in [0.1, 0.15) is 15.9 Å². The van der Waals surface area contributed by atoms with Gasteiger partial charge in [-0.05, 0) is 50.5 Å². The SMILES string of the molecule is CN(C)CCN(Cc1ccc(F)cc1F)C(=O)c1cccc(NS(=O)(=O)c2ccccc2)c1. The number of hydrogen-bond acceptors (Lipinski definition) is 4. The minimum absolute atomic E-state index is 0.0568. The van der Waals surface area contributed by atoms with Crippen LogP contribution in [0.15, 0.2) is 77.7 Å². The molecule has 0 bridgehead atoms. The van der Waals surface area contributed by atoms with Crippen molar-refractivity contribution in [2.75, 3.05) is 31.9 Å². The summed E-state index contributed by atoms with van der Waals surface area (Å²) in [4.78, 5) is 16.7. The number of amides is 1. The van der Waals surface area contributed by atoms with E-state index in [0.29, 0.717) is 13.1 Å². The Bertz CT molecular complexity index is 1220. The summed E-state index contributed by atoms with van der Waals surface area (Å²) in [5, 5.41) is 0. The van der Waals surface area contributed by atoms with Crippen LogP contribution in [0.2, 0.25) is 0 Å². The van der Waals surface area contributed by atoms with Gasteiger partial charge >= 0.3 is 0 Å². The van der Waals surface area contributed by atoms with Gasteiger partial charge < -0.3 is 9.80 Å². The van der Waals surface area contributed by atoms with Crippen LogP contribution in [-0.4, -0.2) is 51.3 Å². The molecule has 1 amide bonds. The Morgan fingerprint density at radius 1 is 0.909 bits per heavy atom. The molecule has 0 aromatic heterocycles. The number of halogens is 2. The maximum Gasteiger partial charge on any atom is 0.261 e. The van der Waals surface area contributed by atoms with Gasteiger partial charge in [0.05, 0.1) is 4.90 Å². The van der Waals surface area contributed by atoms with Gasteiger partial charge in [-0.3, -0.25) is 9.52 Å². The number of hydrogen-bond donors (Lipinski definition) is 1. The summed E-state index contributed by atoms with van der Waals surface area (Å²) >= 11 is 0. The second-order valence-electron chi connectivity index (χ2n) is 7.77. The molecule has 0 atom stereocenters. The Balaban J connectivity index is 1.85. The number of nitrogens with zero attached hydrogens (tertiary/aromatic N) is 2. The Morgan fingerprint density at radius 2 is 1.64 bits per heavy atom. The van der Waals surface area contributed by atoms with Gasteiger partial charge in [-0.2, -0.15) is 0 Å². The van der Waals surface area contributed by atoms with Gasteiger partial charge in [0.25, 0.3) is 15.9 Å². The van der Waals surface area contributed by atoms with Gasteiger partial charge in [-0.25, -0.2) is 17.2 Å². The lowest BCUT2D eigenvalue weighted by atomic mass is 10.1. The lowest BCUT2D eigenvalue weighted by molar-refractivity contribution is 0.0730. The van der Waals surface area contributed by atoms with Crippen molar-refractivity contribution in [3.05, 3.63) is 95.6 Å².